The number of nitrogens with one attached hydrogen (secondary N) is 2. The van der Waals surface area contributed by atoms with Gasteiger partial charge in [-0.05, 0) is 38.8 Å². The van der Waals surface area contributed by atoms with Gasteiger partial charge in [0.1, 0.15) is 5.15 Å². The van der Waals surface area contributed by atoms with Crippen molar-refractivity contribution in [2.24, 2.45) is 5.41 Å². The van der Waals surface area contributed by atoms with Gasteiger partial charge in [-0.25, -0.2) is 9.97 Å². The number of piperidine rings is 1. The van der Waals surface area contributed by atoms with Crippen molar-refractivity contribution < 1.29 is 4.79 Å². The van der Waals surface area contributed by atoms with Gasteiger partial charge in [-0.3, -0.25) is 10.1 Å². The van der Waals surface area contributed by atoms with Crippen LogP contribution in [0, 0.1) is 12.3 Å². The number of rotatable bonds is 3. The summed E-state index contributed by atoms with van der Waals surface area (Å²) in [6, 6.07) is 1.66. The van der Waals surface area contributed by atoms with Crippen molar-refractivity contribution >= 4 is 23.5 Å². The van der Waals surface area contributed by atoms with Gasteiger partial charge in [-0.15, -0.1) is 0 Å². The van der Waals surface area contributed by atoms with Crippen LogP contribution in [0.2, 0.25) is 5.15 Å². The van der Waals surface area contributed by atoms with Crippen LogP contribution >= 0.6 is 11.6 Å². The zero-order valence-corrected chi connectivity index (χ0v) is 12.0. The molecule has 1 aliphatic rings. The molecule has 2 heterocycles. The fourth-order valence-electron chi connectivity index (χ4n) is 2.44. The largest absolute Gasteiger partial charge is 0.316 e. The molecule has 0 aromatic carbocycles. The van der Waals surface area contributed by atoms with E-state index in [4.69, 9.17) is 11.6 Å². The van der Waals surface area contributed by atoms with Crippen molar-refractivity contribution in [1.29, 1.82) is 0 Å². The van der Waals surface area contributed by atoms with Gasteiger partial charge >= 0.3 is 0 Å². The highest BCUT2D eigenvalue weighted by molar-refractivity contribution is 6.29. The monoisotopic (exact) mass is 282 g/mol. The molecule has 1 aliphatic heterocycles. The summed E-state index contributed by atoms with van der Waals surface area (Å²) in [4.78, 5) is 20.7. The number of aromatic nitrogens is 2. The molecule has 0 saturated carbocycles. The Hall–Kier alpha value is -1.20. The highest BCUT2D eigenvalue weighted by atomic mass is 35.5. The van der Waals surface area contributed by atoms with Gasteiger partial charge in [0.25, 0.3) is 0 Å². The van der Waals surface area contributed by atoms with E-state index in [1.165, 1.54) is 0 Å². The van der Waals surface area contributed by atoms with Gasteiger partial charge in [0.2, 0.25) is 11.9 Å². The van der Waals surface area contributed by atoms with E-state index in [0.29, 0.717) is 11.7 Å². The lowest BCUT2D eigenvalue weighted by Gasteiger charge is -2.35. The smallest absolute Gasteiger partial charge is 0.234 e. The number of amides is 1. The second-order valence-electron chi connectivity index (χ2n) is 5.02. The minimum absolute atomic E-state index is 0.0242. The lowest BCUT2D eigenvalue weighted by atomic mass is 9.77. The number of aryl methyl sites for hydroxylation is 1. The second-order valence-corrected chi connectivity index (χ2v) is 5.41. The van der Waals surface area contributed by atoms with Crippen LogP contribution in [-0.2, 0) is 4.79 Å². The SMILES string of the molecule is CCC1(C(=O)Nc2nc(C)cc(Cl)n2)CCCNC1. The topological polar surface area (TPSA) is 66.9 Å². The molecule has 0 bridgehead atoms. The molecule has 1 saturated heterocycles. The predicted molar refractivity (Wildman–Crippen MR) is 75.2 cm³/mol. The first-order valence-electron chi connectivity index (χ1n) is 6.59. The number of nitrogens with zero attached hydrogens (tertiary/aromatic N) is 2. The average Bonchev–Trinajstić information content (AvgIpc) is 2.38. The highest BCUT2D eigenvalue weighted by Gasteiger charge is 2.38. The summed E-state index contributed by atoms with van der Waals surface area (Å²) in [5.74, 6) is 0.261. The van der Waals surface area contributed by atoms with Crippen LogP contribution in [0.4, 0.5) is 5.95 Å². The fraction of sp³-hybridized carbons (Fsp3) is 0.615. The van der Waals surface area contributed by atoms with E-state index in [-0.39, 0.29) is 17.3 Å². The van der Waals surface area contributed by atoms with Gasteiger partial charge in [-0.2, -0.15) is 0 Å². The molecular weight excluding hydrogens is 264 g/mol. The van der Waals surface area contributed by atoms with E-state index in [2.05, 4.69) is 20.6 Å². The maximum atomic E-state index is 12.5. The molecule has 6 heteroatoms. The van der Waals surface area contributed by atoms with Gasteiger partial charge in [-0.1, -0.05) is 18.5 Å². The maximum absolute atomic E-state index is 12.5. The summed E-state index contributed by atoms with van der Waals surface area (Å²) in [5, 5.41) is 6.43. The lowest BCUT2D eigenvalue weighted by Crippen LogP contribution is -2.47. The molecule has 1 aromatic rings. The Bertz CT molecular complexity index is 451. The standard InChI is InChI=1S/C13H19ClN4O/c1-3-13(5-4-6-15-8-13)11(19)18-12-16-9(2)7-10(14)17-12/h7,15H,3-6,8H2,1-2H3,(H,16,17,18,19). The average molecular weight is 283 g/mol. The molecule has 1 unspecified atom stereocenters. The number of hydrogen-bond donors (Lipinski definition) is 2. The van der Waals surface area contributed by atoms with Crippen LogP contribution in [0.1, 0.15) is 31.9 Å². The van der Waals surface area contributed by atoms with Crippen LogP contribution in [-0.4, -0.2) is 29.0 Å². The minimum atomic E-state index is -0.363. The van der Waals surface area contributed by atoms with Crippen molar-refractivity contribution in [3.05, 3.63) is 16.9 Å². The van der Waals surface area contributed by atoms with Crippen molar-refractivity contribution in [2.45, 2.75) is 33.1 Å². The number of halogens is 1. The van der Waals surface area contributed by atoms with E-state index < -0.39 is 0 Å². The Morgan fingerprint density at radius 1 is 1.58 bits per heavy atom. The van der Waals surface area contributed by atoms with Crippen molar-refractivity contribution in [2.75, 3.05) is 18.4 Å². The van der Waals surface area contributed by atoms with Crippen molar-refractivity contribution in [3.8, 4) is 0 Å². The summed E-state index contributed by atoms with van der Waals surface area (Å²) in [6.07, 6.45) is 2.70. The van der Waals surface area contributed by atoms with Crippen LogP contribution in [0.15, 0.2) is 6.07 Å². The molecule has 1 atom stereocenters. The van der Waals surface area contributed by atoms with Gasteiger partial charge in [0.05, 0.1) is 5.41 Å². The first-order valence-corrected chi connectivity index (χ1v) is 6.97. The Kier molecular flexibility index (Phi) is 4.37. The molecule has 1 aromatic heterocycles. The molecule has 0 radical (unpaired) electrons. The number of carbonyl (C=O) groups excluding carboxylic acids is 1. The fourth-order valence-corrected chi connectivity index (χ4v) is 2.68. The van der Waals surface area contributed by atoms with Crippen molar-refractivity contribution in [3.63, 3.8) is 0 Å². The van der Waals surface area contributed by atoms with Gasteiger partial charge in [0.15, 0.2) is 0 Å². The highest BCUT2D eigenvalue weighted by Crippen LogP contribution is 2.31. The Balaban J connectivity index is 2.14. The van der Waals surface area contributed by atoms with E-state index in [0.717, 1.165) is 31.5 Å². The first-order chi connectivity index (χ1) is 9.05. The number of anilines is 1. The first kappa shape index (κ1) is 14.2. The molecule has 5 nitrogen and oxygen atoms in total. The zero-order chi connectivity index (χ0) is 13.9. The molecule has 2 rings (SSSR count). The summed E-state index contributed by atoms with van der Waals surface area (Å²) in [7, 11) is 0. The number of carbonyl (C=O) groups is 1. The molecule has 0 spiro atoms. The molecule has 0 aliphatic carbocycles. The predicted octanol–water partition coefficient (Wildman–Crippen LogP) is 2.16. The van der Waals surface area contributed by atoms with Crippen LogP contribution in [0.5, 0.6) is 0 Å². The molecular formula is C13H19ClN4O. The summed E-state index contributed by atoms with van der Waals surface area (Å²) in [6.45, 7) is 5.54. The number of hydrogen-bond acceptors (Lipinski definition) is 4. The normalized spacial score (nSPS) is 23.1. The third kappa shape index (κ3) is 3.22. The molecule has 2 N–H and O–H groups in total. The van der Waals surface area contributed by atoms with E-state index in [1.807, 2.05) is 13.8 Å². The third-order valence-corrected chi connectivity index (χ3v) is 3.87. The summed E-state index contributed by atoms with van der Waals surface area (Å²) >= 11 is 5.87. The van der Waals surface area contributed by atoms with Crippen LogP contribution in [0.25, 0.3) is 0 Å². The van der Waals surface area contributed by atoms with E-state index >= 15 is 0 Å². The maximum Gasteiger partial charge on any atom is 0.234 e. The van der Waals surface area contributed by atoms with Crippen molar-refractivity contribution in [1.82, 2.24) is 15.3 Å². The van der Waals surface area contributed by atoms with Gasteiger partial charge < -0.3 is 5.32 Å². The van der Waals surface area contributed by atoms with Crippen LogP contribution < -0.4 is 10.6 Å². The Labute approximate surface area is 118 Å². The minimum Gasteiger partial charge on any atom is -0.316 e. The molecule has 104 valence electrons. The summed E-state index contributed by atoms with van der Waals surface area (Å²) < 4.78 is 0. The second kappa shape index (κ2) is 5.84. The summed E-state index contributed by atoms with van der Waals surface area (Å²) in [5.41, 5.74) is 0.375. The third-order valence-electron chi connectivity index (χ3n) is 3.68. The Morgan fingerprint density at radius 2 is 2.37 bits per heavy atom. The molecule has 1 fully saturated rings. The van der Waals surface area contributed by atoms with E-state index in [1.54, 1.807) is 6.07 Å². The van der Waals surface area contributed by atoms with E-state index in [9.17, 15) is 4.79 Å². The molecule has 19 heavy (non-hydrogen) atoms. The van der Waals surface area contributed by atoms with Gasteiger partial charge in [0, 0.05) is 12.2 Å². The zero-order valence-electron chi connectivity index (χ0n) is 11.3. The quantitative estimate of drug-likeness (QED) is 0.834. The van der Waals surface area contributed by atoms with Crippen LogP contribution in [0.3, 0.4) is 0 Å². The molecule has 1 amide bonds. The Morgan fingerprint density at radius 3 is 2.95 bits per heavy atom. The lowest BCUT2D eigenvalue weighted by molar-refractivity contribution is -0.126.